The zero-order valence-corrected chi connectivity index (χ0v) is 17.4. The van der Waals surface area contributed by atoms with Gasteiger partial charge in [-0.25, -0.2) is 0 Å². The fraction of sp³-hybridized carbons (Fsp3) is 0.800. The summed E-state index contributed by atoms with van der Waals surface area (Å²) in [6.45, 7) is 13.8. The van der Waals surface area contributed by atoms with Gasteiger partial charge in [0.25, 0.3) is 0 Å². The van der Waals surface area contributed by atoms with Crippen molar-refractivity contribution in [3.05, 3.63) is 17.5 Å². The third-order valence-electron chi connectivity index (χ3n) is 5.15. The number of nitrogens with zero attached hydrogens (tertiary/aromatic N) is 4. The molecule has 1 aromatic rings. The van der Waals surface area contributed by atoms with Gasteiger partial charge in [0.15, 0.2) is 5.96 Å². The lowest BCUT2D eigenvalue weighted by atomic mass is 10.1. The van der Waals surface area contributed by atoms with Crippen LogP contribution in [0, 0.1) is 12.8 Å². The molecule has 1 N–H and O–H groups in total. The van der Waals surface area contributed by atoms with Crippen molar-refractivity contribution in [1.82, 2.24) is 20.3 Å². The van der Waals surface area contributed by atoms with Crippen LogP contribution in [0.5, 0.6) is 0 Å². The van der Waals surface area contributed by atoms with Crippen LogP contribution >= 0.6 is 0 Å². The molecule has 3 heterocycles. The molecule has 2 saturated heterocycles. The van der Waals surface area contributed by atoms with Gasteiger partial charge in [-0.2, -0.15) is 0 Å². The number of ether oxygens (including phenoxy) is 2. The Balaban J connectivity index is 1.35. The smallest absolute Gasteiger partial charge is 0.194 e. The molecule has 2 aliphatic rings. The molecule has 0 radical (unpaired) electrons. The molecule has 1 atom stereocenters. The van der Waals surface area contributed by atoms with E-state index in [1.165, 1.54) is 0 Å². The standard InChI is InChI=1S/C20H35N5O3/c1-3-21-20(22-6-4-11-26-15-18-5-12-27-16-18)25-9-7-24(8-10-25)14-19-13-17(2)28-23-19/h13,18H,3-12,14-16H2,1-2H3,(H,21,22). The maximum Gasteiger partial charge on any atom is 0.194 e. The molecule has 0 bridgehead atoms. The Morgan fingerprint density at radius 1 is 1.36 bits per heavy atom. The van der Waals surface area contributed by atoms with Gasteiger partial charge in [-0.3, -0.25) is 9.89 Å². The van der Waals surface area contributed by atoms with Gasteiger partial charge in [0, 0.05) is 71.0 Å². The second-order valence-electron chi connectivity index (χ2n) is 7.59. The molecule has 0 amide bonds. The van der Waals surface area contributed by atoms with Crippen LogP contribution in [0.1, 0.15) is 31.2 Å². The molecule has 8 nitrogen and oxygen atoms in total. The summed E-state index contributed by atoms with van der Waals surface area (Å²) in [5.41, 5.74) is 1.01. The topological polar surface area (TPSA) is 75.4 Å². The van der Waals surface area contributed by atoms with Gasteiger partial charge in [0.05, 0.1) is 18.9 Å². The quantitative estimate of drug-likeness (QED) is 0.387. The van der Waals surface area contributed by atoms with E-state index in [1.807, 2.05) is 13.0 Å². The normalized spacial score (nSPS) is 21.4. The van der Waals surface area contributed by atoms with Crippen LogP contribution in [-0.4, -0.2) is 86.6 Å². The zero-order chi connectivity index (χ0) is 19.6. The van der Waals surface area contributed by atoms with E-state index in [1.54, 1.807) is 0 Å². The predicted molar refractivity (Wildman–Crippen MR) is 108 cm³/mol. The van der Waals surface area contributed by atoms with Crippen LogP contribution < -0.4 is 5.32 Å². The van der Waals surface area contributed by atoms with Crippen molar-refractivity contribution in [2.24, 2.45) is 10.9 Å². The first-order valence-electron chi connectivity index (χ1n) is 10.6. The van der Waals surface area contributed by atoms with Crippen LogP contribution in [0.3, 0.4) is 0 Å². The third-order valence-corrected chi connectivity index (χ3v) is 5.15. The first-order chi connectivity index (χ1) is 13.7. The first-order valence-corrected chi connectivity index (χ1v) is 10.6. The molecule has 0 aromatic carbocycles. The van der Waals surface area contributed by atoms with E-state index in [0.29, 0.717) is 5.92 Å². The maximum absolute atomic E-state index is 5.77. The predicted octanol–water partition coefficient (Wildman–Crippen LogP) is 1.51. The van der Waals surface area contributed by atoms with E-state index < -0.39 is 0 Å². The minimum absolute atomic E-state index is 0.582. The second kappa shape index (κ2) is 11.4. The van der Waals surface area contributed by atoms with E-state index in [4.69, 9.17) is 19.0 Å². The van der Waals surface area contributed by atoms with Gasteiger partial charge in [-0.1, -0.05) is 5.16 Å². The van der Waals surface area contributed by atoms with E-state index in [0.717, 1.165) is 102 Å². The summed E-state index contributed by atoms with van der Waals surface area (Å²) in [5, 5.41) is 7.53. The highest BCUT2D eigenvalue weighted by Crippen LogP contribution is 2.12. The lowest BCUT2D eigenvalue weighted by Gasteiger charge is -2.36. The number of guanidine groups is 1. The Kier molecular flexibility index (Phi) is 8.57. The average Bonchev–Trinajstić information content (AvgIpc) is 3.36. The van der Waals surface area contributed by atoms with Crippen molar-refractivity contribution in [1.29, 1.82) is 0 Å². The van der Waals surface area contributed by atoms with E-state index >= 15 is 0 Å². The molecule has 3 rings (SSSR count). The number of aryl methyl sites for hydroxylation is 1. The number of hydrogen-bond acceptors (Lipinski definition) is 6. The summed E-state index contributed by atoms with van der Waals surface area (Å²) in [5.74, 6) is 2.47. The lowest BCUT2D eigenvalue weighted by Crippen LogP contribution is -2.52. The summed E-state index contributed by atoms with van der Waals surface area (Å²) in [6.07, 6.45) is 2.08. The Hall–Kier alpha value is -1.64. The van der Waals surface area contributed by atoms with E-state index in [9.17, 15) is 0 Å². The molecule has 1 aromatic heterocycles. The fourth-order valence-electron chi connectivity index (χ4n) is 3.58. The van der Waals surface area contributed by atoms with Crippen molar-refractivity contribution in [2.75, 3.05) is 65.7 Å². The van der Waals surface area contributed by atoms with E-state index in [-0.39, 0.29) is 0 Å². The van der Waals surface area contributed by atoms with Gasteiger partial charge >= 0.3 is 0 Å². The Labute approximate surface area is 168 Å². The zero-order valence-electron chi connectivity index (χ0n) is 17.4. The second-order valence-corrected chi connectivity index (χ2v) is 7.59. The Morgan fingerprint density at radius 3 is 2.89 bits per heavy atom. The number of aromatic nitrogens is 1. The average molecular weight is 394 g/mol. The van der Waals surface area contributed by atoms with Crippen LogP contribution in [0.15, 0.2) is 15.6 Å². The highest BCUT2D eigenvalue weighted by molar-refractivity contribution is 5.80. The van der Waals surface area contributed by atoms with Crippen LogP contribution in [0.25, 0.3) is 0 Å². The van der Waals surface area contributed by atoms with Crippen molar-refractivity contribution < 1.29 is 14.0 Å². The van der Waals surface area contributed by atoms with Crippen molar-refractivity contribution in [3.8, 4) is 0 Å². The van der Waals surface area contributed by atoms with Crippen LogP contribution in [-0.2, 0) is 16.0 Å². The van der Waals surface area contributed by atoms with Crippen molar-refractivity contribution in [3.63, 3.8) is 0 Å². The maximum atomic E-state index is 5.77. The Bertz CT molecular complexity index is 592. The summed E-state index contributed by atoms with van der Waals surface area (Å²) < 4.78 is 16.3. The molecule has 2 fully saturated rings. The number of piperazine rings is 1. The molecule has 2 aliphatic heterocycles. The summed E-state index contributed by atoms with van der Waals surface area (Å²) in [7, 11) is 0. The molecule has 28 heavy (non-hydrogen) atoms. The van der Waals surface area contributed by atoms with Crippen LogP contribution in [0.2, 0.25) is 0 Å². The summed E-state index contributed by atoms with van der Waals surface area (Å²) in [4.78, 5) is 9.57. The third kappa shape index (κ3) is 6.76. The molecule has 0 saturated carbocycles. The van der Waals surface area contributed by atoms with Gasteiger partial charge in [-0.05, 0) is 26.7 Å². The molecular weight excluding hydrogens is 358 g/mol. The molecule has 0 aliphatic carbocycles. The molecule has 158 valence electrons. The number of nitrogens with one attached hydrogen (secondary N) is 1. The SMILES string of the molecule is CCNC(=NCCCOCC1CCOC1)N1CCN(Cc2cc(C)on2)CC1. The summed E-state index contributed by atoms with van der Waals surface area (Å²) in [6, 6.07) is 2.01. The minimum atomic E-state index is 0.582. The molecular formula is C20H35N5O3. The lowest BCUT2D eigenvalue weighted by molar-refractivity contribution is 0.0892. The Morgan fingerprint density at radius 2 is 2.21 bits per heavy atom. The minimum Gasteiger partial charge on any atom is -0.381 e. The molecule has 0 spiro atoms. The first kappa shape index (κ1) is 21.1. The van der Waals surface area contributed by atoms with Gasteiger partial charge in [0.1, 0.15) is 5.76 Å². The van der Waals surface area contributed by atoms with Gasteiger partial charge in [-0.15, -0.1) is 0 Å². The monoisotopic (exact) mass is 393 g/mol. The highest BCUT2D eigenvalue weighted by atomic mass is 16.5. The largest absolute Gasteiger partial charge is 0.381 e. The van der Waals surface area contributed by atoms with E-state index in [2.05, 4.69) is 27.2 Å². The number of aliphatic imine (C=N–C) groups is 1. The van der Waals surface area contributed by atoms with Crippen molar-refractivity contribution in [2.45, 2.75) is 33.2 Å². The number of hydrogen-bond donors (Lipinski definition) is 1. The van der Waals surface area contributed by atoms with Crippen LogP contribution in [0.4, 0.5) is 0 Å². The fourth-order valence-corrected chi connectivity index (χ4v) is 3.58. The van der Waals surface area contributed by atoms with Crippen molar-refractivity contribution >= 4 is 5.96 Å². The van der Waals surface area contributed by atoms with Gasteiger partial charge in [0.2, 0.25) is 0 Å². The molecule has 8 heteroatoms. The highest BCUT2D eigenvalue weighted by Gasteiger charge is 2.20. The summed E-state index contributed by atoms with van der Waals surface area (Å²) >= 11 is 0. The number of rotatable bonds is 9. The molecule has 1 unspecified atom stereocenters. The van der Waals surface area contributed by atoms with Gasteiger partial charge < -0.3 is 24.2 Å².